The maximum absolute atomic E-state index is 12.7. The zero-order chi connectivity index (χ0) is 17.4. The molecule has 1 aromatic carbocycles. The maximum Gasteiger partial charge on any atom is 0.274 e. The Labute approximate surface area is 149 Å². The lowest BCUT2D eigenvalue weighted by atomic mass is 10.1. The highest BCUT2D eigenvalue weighted by molar-refractivity contribution is 6.29. The zero-order valence-electron chi connectivity index (χ0n) is 13.6. The summed E-state index contributed by atoms with van der Waals surface area (Å²) >= 11 is 5.83. The Morgan fingerprint density at radius 2 is 2.16 bits per heavy atom. The van der Waals surface area contributed by atoms with E-state index in [-0.39, 0.29) is 5.56 Å². The van der Waals surface area contributed by atoms with Crippen molar-refractivity contribution in [3.63, 3.8) is 0 Å². The van der Waals surface area contributed by atoms with Crippen LogP contribution in [0.5, 0.6) is 0 Å². The Kier molecular flexibility index (Phi) is 4.07. The van der Waals surface area contributed by atoms with Crippen LogP contribution in [0.1, 0.15) is 16.8 Å². The lowest BCUT2D eigenvalue weighted by Crippen LogP contribution is -2.31. The molecule has 1 aliphatic rings. The minimum atomic E-state index is 0.00779. The molecule has 128 valence electrons. The van der Waals surface area contributed by atoms with Crippen molar-refractivity contribution in [2.45, 2.75) is 19.5 Å². The second kappa shape index (κ2) is 6.38. The second-order valence-electron chi connectivity index (χ2n) is 6.25. The van der Waals surface area contributed by atoms with Crippen molar-refractivity contribution in [2.24, 2.45) is 0 Å². The van der Waals surface area contributed by atoms with Crippen molar-refractivity contribution in [1.82, 2.24) is 19.7 Å². The molecule has 0 amide bonds. The van der Waals surface area contributed by atoms with E-state index in [2.05, 4.69) is 15.0 Å². The molecule has 1 aliphatic heterocycles. The number of benzene rings is 1. The zero-order valence-corrected chi connectivity index (χ0v) is 14.3. The predicted octanol–water partition coefficient (Wildman–Crippen LogP) is 2.35. The van der Waals surface area contributed by atoms with Crippen LogP contribution in [-0.4, -0.2) is 26.2 Å². The summed E-state index contributed by atoms with van der Waals surface area (Å²) in [5, 5.41) is 3.73. The van der Waals surface area contributed by atoms with Gasteiger partial charge in [-0.1, -0.05) is 23.7 Å². The Morgan fingerprint density at radius 1 is 1.28 bits per heavy atom. The number of fused-ring (bicyclic) bond motifs is 1. The fraction of sp³-hybridized carbons (Fsp3) is 0.222. The van der Waals surface area contributed by atoms with Gasteiger partial charge in [0.05, 0.1) is 11.4 Å². The number of nitrogens with two attached hydrogens (primary N) is 1. The summed E-state index contributed by atoms with van der Waals surface area (Å²) in [4.78, 5) is 19.1. The van der Waals surface area contributed by atoms with E-state index in [4.69, 9.17) is 17.3 Å². The normalized spacial score (nSPS) is 14.4. The average Bonchev–Trinajstić information content (AvgIpc) is 2.93. The van der Waals surface area contributed by atoms with Gasteiger partial charge in [-0.2, -0.15) is 0 Å². The summed E-state index contributed by atoms with van der Waals surface area (Å²) in [5.74, 6) is 0. The van der Waals surface area contributed by atoms with E-state index in [0.29, 0.717) is 17.4 Å². The molecule has 0 unspecified atom stereocenters. The van der Waals surface area contributed by atoms with Gasteiger partial charge in [-0.15, -0.1) is 0 Å². The lowest BCUT2D eigenvalue weighted by molar-refractivity contribution is 0.242. The highest BCUT2D eigenvalue weighted by Crippen LogP contribution is 2.19. The van der Waals surface area contributed by atoms with Gasteiger partial charge in [0.1, 0.15) is 5.15 Å². The Balaban J connectivity index is 1.58. The molecule has 0 spiro atoms. The topological polar surface area (TPSA) is 79.9 Å². The summed E-state index contributed by atoms with van der Waals surface area (Å²) in [6.45, 7) is 2.30. The smallest absolute Gasteiger partial charge is 0.274 e. The third-order valence-electron chi connectivity index (χ3n) is 4.46. The average molecular weight is 356 g/mol. The van der Waals surface area contributed by atoms with Crippen molar-refractivity contribution in [3.05, 3.63) is 74.9 Å². The number of nitrogen functional groups attached to an aromatic ring is 1. The number of halogens is 1. The third kappa shape index (κ3) is 3.18. The fourth-order valence-corrected chi connectivity index (χ4v) is 3.33. The van der Waals surface area contributed by atoms with Gasteiger partial charge in [-0.25, -0.2) is 9.67 Å². The first-order chi connectivity index (χ1) is 12.1. The van der Waals surface area contributed by atoms with Gasteiger partial charge >= 0.3 is 0 Å². The van der Waals surface area contributed by atoms with Crippen LogP contribution in [0.25, 0.3) is 5.69 Å². The van der Waals surface area contributed by atoms with Gasteiger partial charge in [-0.05, 0) is 36.2 Å². The van der Waals surface area contributed by atoms with Crippen LogP contribution < -0.4 is 11.3 Å². The molecule has 7 heteroatoms. The Hall–Kier alpha value is -2.57. The largest absolute Gasteiger partial charge is 0.399 e. The van der Waals surface area contributed by atoms with Crippen LogP contribution in [0.15, 0.2) is 47.4 Å². The standard InChI is InChI=1S/C18H18ClN5O/c19-17-5-4-12(9-21-17)10-23-7-6-15-16(11-23)22-24(18(15)25)14-3-1-2-13(20)8-14/h1-5,8-9,22H,6-7,10-11,20H2. The van der Waals surface area contributed by atoms with Crippen molar-refractivity contribution in [2.75, 3.05) is 12.3 Å². The van der Waals surface area contributed by atoms with E-state index in [1.807, 2.05) is 18.2 Å². The maximum atomic E-state index is 12.7. The van der Waals surface area contributed by atoms with Gasteiger partial charge in [0, 0.05) is 37.1 Å². The number of aromatic amines is 1. The molecular formula is C18H18ClN5O. The van der Waals surface area contributed by atoms with Crippen LogP contribution in [0, 0.1) is 0 Å². The quantitative estimate of drug-likeness (QED) is 0.558. The van der Waals surface area contributed by atoms with Crippen LogP contribution in [0.4, 0.5) is 5.69 Å². The molecule has 0 atom stereocenters. The molecule has 6 nitrogen and oxygen atoms in total. The lowest BCUT2D eigenvalue weighted by Gasteiger charge is -2.25. The molecule has 0 bridgehead atoms. The molecule has 0 saturated carbocycles. The number of hydrogen-bond acceptors (Lipinski definition) is 4. The summed E-state index contributed by atoms with van der Waals surface area (Å²) in [6, 6.07) is 11.1. The van der Waals surface area contributed by atoms with Crippen LogP contribution >= 0.6 is 11.6 Å². The summed E-state index contributed by atoms with van der Waals surface area (Å²) in [6.07, 6.45) is 2.51. The van der Waals surface area contributed by atoms with Crippen molar-refractivity contribution < 1.29 is 0 Å². The molecule has 3 aromatic rings. The number of H-pyrrole nitrogens is 1. The van der Waals surface area contributed by atoms with Crippen LogP contribution in [0.2, 0.25) is 5.15 Å². The third-order valence-corrected chi connectivity index (χ3v) is 4.68. The Bertz CT molecular complexity index is 960. The minimum absolute atomic E-state index is 0.00779. The molecular weight excluding hydrogens is 338 g/mol. The second-order valence-corrected chi connectivity index (χ2v) is 6.64. The number of hydrogen-bond donors (Lipinski definition) is 2. The molecule has 2 aromatic heterocycles. The highest BCUT2D eigenvalue weighted by Gasteiger charge is 2.23. The molecule has 0 aliphatic carbocycles. The molecule has 0 fully saturated rings. The van der Waals surface area contributed by atoms with E-state index < -0.39 is 0 Å². The number of anilines is 1. The first-order valence-electron chi connectivity index (χ1n) is 8.11. The molecule has 25 heavy (non-hydrogen) atoms. The van der Waals surface area contributed by atoms with Gasteiger partial charge in [0.2, 0.25) is 0 Å². The van der Waals surface area contributed by atoms with Crippen molar-refractivity contribution in [3.8, 4) is 5.69 Å². The van der Waals surface area contributed by atoms with Crippen molar-refractivity contribution in [1.29, 1.82) is 0 Å². The van der Waals surface area contributed by atoms with Gasteiger partial charge in [-0.3, -0.25) is 14.8 Å². The fourth-order valence-electron chi connectivity index (χ4n) is 3.22. The van der Waals surface area contributed by atoms with Crippen LogP contribution in [-0.2, 0) is 19.5 Å². The van der Waals surface area contributed by atoms with E-state index >= 15 is 0 Å². The number of aromatic nitrogens is 3. The van der Waals surface area contributed by atoms with Crippen molar-refractivity contribution >= 4 is 17.3 Å². The minimum Gasteiger partial charge on any atom is -0.399 e. The van der Waals surface area contributed by atoms with Gasteiger partial charge in [0.15, 0.2) is 0 Å². The van der Waals surface area contributed by atoms with Crippen LogP contribution in [0.3, 0.4) is 0 Å². The van der Waals surface area contributed by atoms with E-state index in [0.717, 1.165) is 42.0 Å². The number of nitrogens with zero attached hydrogens (tertiary/aromatic N) is 3. The first-order valence-corrected chi connectivity index (χ1v) is 8.49. The summed E-state index contributed by atoms with van der Waals surface area (Å²) in [7, 11) is 0. The predicted molar refractivity (Wildman–Crippen MR) is 97.9 cm³/mol. The number of rotatable bonds is 3. The SMILES string of the molecule is Nc1cccc(-n2[nH]c3c(c2=O)CCN(Cc2ccc(Cl)nc2)C3)c1. The van der Waals surface area contributed by atoms with Gasteiger partial charge < -0.3 is 5.73 Å². The molecule has 0 saturated heterocycles. The van der Waals surface area contributed by atoms with E-state index in [1.165, 1.54) is 0 Å². The number of pyridine rings is 1. The molecule has 3 N–H and O–H groups in total. The van der Waals surface area contributed by atoms with E-state index in [1.54, 1.807) is 29.1 Å². The summed E-state index contributed by atoms with van der Waals surface area (Å²) < 4.78 is 1.58. The monoisotopic (exact) mass is 355 g/mol. The van der Waals surface area contributed by atoms with Gasteiger partial charge in [0.25, 0.3) is 5.56 Å². The Morgan fingerprint density at radius 3 is 2.92 bits per heavy atom. The summed E-state index contributed by atoms with van der Waals surface area (Å²) in [5.41, 5.74) is 10.1. The molecule has 3 heterocycles. The number of nitrogens with one attached hydrogen (secondary N) is 1. The molecule has 0 radical (unpaired) electrons. The van der Waals surface area contributed by atoms with E-state index in [9.17, 15) is 4.79 Å². The molecule has 4 rings (SSSR count). The first kappa shape index (κ1) is 15.9. The highest BCUT2D eigenvalue weighted by atomic mass is 35.5.